The number of halogens is 2. The Morgan fingerprint density at radius 3 is 2.42 bits per heavy atom. The summed E-state index contributed by atoms with van der Waals surface area (Å²) in [6.45, 7) is 3.35. The molecule has 1 N–H and O–H groups in total. The fourth-order valence-corrected chi connectivity index (χ4v) is 1.71. The molecule has 2 rings (SSSR count). The van der Waals surface area contributed by atoms with Gasteiger partial charge in [0, 0.05) is 11.3 Å². The van der Waals surface area contributed by atoms with E-state index in [1.165, 1.54) is 30.3 Å². The maximum atomic E-state index is 13.1. The van der Waals surface area contributed by atoms with Crippen LogP contribution < -0.4 is 5.32 Å². The summed E-state index contributed by atoms with van der Waals surface area (Å²) in [5.41, 5.74) is 1.90. The average Bonchev–Trinajstić information content (AvgIpc) is 2.37. The molecule has 0 spiro atoms. The molecule has 0 aromatic heterocycles. The van der Waals surface area contributed by atoms with Crippen LogP contribution in [-0.2, 0) is 0 Å². The molecule has 2 nitrogen and oxygen atoms in total. The summed E-state index contributed by atoms with van der Waals surface area (Å²) in [5.74, 6) is -1.17. The molecule has 2 aromatic rings. The summed E-state index contributed by atoms with van der Waals surface area (Å²) < 4.78 is 26.2. The van der Waals surface area contributed by atoms with Gasteiger partial charge in [-0.3, -0.25) is 4.79 Å². The smallest absolute Gasteiger partial charge is 0.255 e. The molecular weight excluding hydrogens is 248 g/mol. The Morgan fingerprint density at radius 2 is 1.74 bits per heavy atom. The van der Waals surface area contributed by atoms with Crippen LogP contribution in [0.15, 0.2) is 36.4 Å². The molecule has 98 valence electrons. The number of hydrogen-bond acceptors (Lipinski definition) is 1. The molecule has 4 heteroatoms. The van der Waals surface area contributed by atoms with Gasteiger partial charge in [0.05, 0.1) is 0 Å². The normalized spacial score (nSPS) is 10.3. The van der Waals surface area contributed by atoms with Gasteiger partial charge in [0.25, 0.3) is 5.91 Å². The van der Waals surface area contributed by atoms with E-state index in [9.17, 15) is 13.6 Å². The highest BCUT2D eigenvalue weighted by molar-refractivity contribution is 6.04. The quantitative estimate of drug-likeness (QED) is 0.874. The lowest BCUT2D eigenvalue weighted by Gasteiger charge is -2.09. The Labute approximate surface area is 110 Å². The molecule has 0 aliphatic carbocycles. The van der Waals surface area contributed by atoms with E-state index < -0.39 is 11.7 Å². The van der Waals surface area contributed by atoms with Gasteiger partial charge >= 0.3 is 0 Å². The zero-order valence-corrected chi connectivity index (χ0v) is 10.6. The average molecular weight is 261 g/mol. The van der Waals surface area contributed by atoms with Crippen molar-refractivity contribution >= 4 is 11.6 Å². The van der Waals surface area contributed by atoms with Crippen molar-refractivity contribution in [2.24, 2.45) is 0 Å². The Kier molecular flexibility index (Phi) is 3.60. The third kappa shape index (κ3) is 2.96. The van der Waals surface area contributed by atoms with Crippen LogP contribution in [0.3, 0.4) is 0 Å². The van der Waals surface area contributed by atoms with Crippen molar-refractivity contribution in [3.8, 4) is 0 Å². The minimum absolute atomic E-state index is 0.336. The van der Waals surface area contributed by atoms with E-state index in [0.29, 0.717) is 16.8 Å². The maximum Gasteiger partial charge on any atom is 0.255 e. The van der Waals surface area contributed by atoms with E-state index in [0.717, 1.165) is 5.56 Å². The van der Waals surface area contributed by atoms with Crippen molar-refractivity contribution in [3.05, 3.63) is 64.7 Å². The molecule has 0 saturated heterocycles. The lowest BCUT2D eigenvalue weighted by molar-refractivity contribution is 0.102. The van der Waals surface area contributed by atoms with Gasteiger partial charge in [0.15, 0.2) is 0 Å². The summed E-state index contributed by atoms with van der Waals surface area (Å²) in [7, 11) is 0. The fraction of sp³-hybridized carbons (Fsp3) is 0.133. The van der Waals surface area contributed by atoms with Crippen molar-refractivity contribution in [2.45, 2.75) is 13.8 Å². The first kappa shape index (κ1) is 13.2. The first-order chi connectivity index (χ1) is 8.97. The van der Waals surface area contributed by atoms with Crippen molar-refractivity contribution in [1.29, 1.82) is 0 Å². The number of carbonyl (C=O) groups excluding carboxylic acids is 1. The maximum absolute atomic E-state index is 13.1. The van der Waals surface area contributed by atoms with Crippen LogP contribution in [0.4, 0.5) is 14.5 Å². The summed E-state index contributed by atoms with van der Waals surface area (Å²) in [6, 6.07) is 8.26. The molecule has 1 amide bonds. The van der Waals surface area contributed by atoms with Crippen LogP contribution in [-0.4, -0.2) is 5.91 Å². The zero-order chi connectivity index (χ0) is 14.0. The molecule has 0 aliphatic rings. The summed E-state index contributed by atoms with van der Waals surface area (Å²) in [6.07, 6.45) is 0. The monoisotopic (exact) mass is 261 g/mol. The number of nitrogens with one attached hydrogen (secondary N) is 1. The lowest BCUT2D eigenvalue weighted by atomic mass is 10.1. The molecule has 0 heterocycles. The van der Waals surface area contributed by atoms with Crippen LogP contribution in [0.2, 0.25) is 0 Å². The molecule has 0 fully saturated rings. The number of aryl methyl sites for hydroxylation is 2. The Bertz CT molecular complexity index is 638. The van der Waals surface area contributed by atoms with Gasteiger partial charge in [0.2, 0.25) is 0 Å². The van der Waals surface area contributed by atoms with Crippen molar-refractivity contribution in [1.82, 2.24) is 0 Å². The van der Waals surface area contributed by atoms with Crippen molar-refractivity contribution in [2.75, 3.05) is 5.32 Å². The number of hydrogen-bond donors (Lipinski definition) is 1. The van der Waals surface area contributed by atoms with E-state index in [1.807, 2.05) is 0 Å². The standard InChI is InChI=1S/C15H13F2NO/c1-9-3-5-12(16)8-14(9)18-15(19)11-4-6-13(17)10(2)7-11/h3-8H,1-2H3,(H,18,19). The van der Waals surface area contributed by atoms with Gasteiger partial charge in [-0.2, -0.15) is 0 Å². The molecule has 0 radical (unpaired) electrons. The molecule has 0 aliphatic heterocycles. The molecule has 19 heavy (non-hydrogen) atoms. The van der Waals surface area contributed by atoms with Crippen molar-refractivity contribution < 1.29 is 13.6 Å². The topological polar surface area (TPSA) is 29.1 Å². The van der Waals surface area contributed by atoms with Gasteiger partial charge in [-0.25, -0.2) is 8.78 Å². The van der Waals surface area contributed by atoms with E-state index in [1.54, 1.807) is 19.9 Å². The number of rotatable bonds is 2. The third-order valence-corrected chi connectivity index (χ3v) is 2.87. The molecule has 0 bridgehead atoms. The number of carbonyl (C=O) groups is 1. The van der Waals surface area contributed by atoms with Gasteiger partial charge in [-0.1, -0.05) is 6.07 Å². The highest BCUT2D eigenvalue weighted by Crippen LogP contribution is 2.18. The highest BCUT2D eigenvalue weighted by Gasteiger charge is 2.10. The summed E-state index contributed by atoms with van der Waals surface area (Å²) >= 11 is 0. The second kappa shape index (κ2) is 5.18. The van der Waals surface area contributed by atoms with Gasteiger partial charge < -0.3 is 5.32 Å². The minimum Gasteiger partial charge on any atom is -0.322 e. The SMILES string of the molecule is Cc1cc(C(=O)Nc2cc(F)ccc2C)ccc1F. The molecule has 0 unspecified atom stereocenters. The fourth-order valence-electron chi connectivity index (χ4n) is 1.71. The van der Waals surface area contributed by atoms with E-state index >= 15 is 0 Å². The minimum atomic E-state index is -0.420. The summed E-state index contributed by atoms with van der Waals surface area (Å²) in [5, 5.41) is 2.61. The van der Waals surface area contributed by atoms with Gasteiger partial charge in [-0.15, -0.1) is 0 Å². The second-order valence-electron chi connectivity index (χ2n) is 4.38. The zero-order valence-electron chi connectivity index (χ0n) is 10.6. The van der Waals surface area contributed by atoms with Crippen LogP contribution in [0.1, 0.15) is 21.5 Å². The molecule has 0 atom stereocenters. The van der Waals surface area contributed by atoms with Crippen molar-refractivity contribution in [3.63, 3.8) is 0 Å². The van der Waals surface area contributed by atoms with E-state index in [4.69, 9.17) is 0 Å². The Morgan fingerprint density at radius 1 is 1.00 bits per heavy atom. The number of anilines is 1. The predicted molar refractivity (Wildman–Crippen MR) is 70.2 cm³/mol. The van der Waals surface area contributed by atoms with Crippen LogP contribution >= 0.6 is 0 Å². The van der Waals surface area contributed by atoms with Crippen LogP contribution in [0.5, 0.6) is 0 Å². The number of amides is 1. The first-order valence-electron chi connectivity index (χ1n) is 5.81. The highest BCUT2D eigenvalue weighted by atomic mass is 19.1. The Balaban J connectivity index is 2.25. The Hall–Kier alpha value is -2.23. The van der Waals surface area contributed by atoms with E-state index in [-0.39, 0.29) is 5.82 Å². The summed E-state index contributed by atoms with van der Waals surface area (Å²) in [4.78, 5) is 12.0. The number of benzene rings is 2. The molecule has 2 aromatic carbocycles. The van der Waals surface area contributed by atoms with Crippen LogP contribution in [0.25, 0.3) is 0 Å². The lowest BCUT2D eigenvalue weighted by Crippen LogP contribution is -2.13. The van der Waals surface area contributed by atoms with Gasteiger partial charge in [-0.05, 0) is 55.3 Å². The third-order valence-electron chi connectivity index (χ3n) is 2.87. The van der Waals surface area contributed by atoms with E-state index in [2.05, 4.69) is 5.32 Å². The largest absolute Gasteiger partial charge is 0.322 e. The second-order valence-corrected chi connectivity index (χ2v) is 4.38. The molecular formula is C15H13F2NO. The predicted octanol–water partition coefficient (Wildman–Crippen LogP) is 3.83. The first-order valence-corrected chi connectivity index (χ1v) is 5.81. The van der Waals surface area contributed by atoms with Gasteiger partial charge in [0.1, 0.15) is 11.6 Å². The molecule has 0 saturated carbocycles. The van der Waals surface area contributed by atoms with Crippen LogP contribution in [0, 0.1) is 25.5 Å².